The molecule has 1 fully saturated rings. The van der Waals surface area contributed by atoms with Crippen LogP contribution in [0.2, 0.25) is 0 Å². The number of rotatable bonds is 2. The van der Waals surface area contributed by atoms with Gasteiger partial charge < -0.3 is 20.0 Å². The maximum Gasteiger partial charge on any atom is 0.312 e. The van der Waals surface area contributed by atoms with Gasteiger partial charge in [0.1, 0.15) is 0 Å². The first kappa shape index (κ1) is 18.4. The summed E-state index contributed by atoms with van der Waals surface area (Å²) >= 11 is 0. The fraction of sp³-hybridized carbons (Fsp3) is 0.647. The van der Waals surface area contributed by atoms with Gasteiger partial charge in [-0.15, -0.1) is 0 Å². The molecule has 0 unspecified atom stereocenters. The van der Waals surface area contributed by atoms with Gasteiger partial charge in [0.25, 0.3) is 5.91 Å². The topological polar surface area (TPSA) is 90.8 Å². The van der Waals surface area contributed by atoms with Crippen molar-refractivity contribution in [2.24, 2.45) is 0 Å². The number of fused-ring (bicyclic) bond motifs is 1. The quantitative estimate of drug-likeness (QED) is 0.691. The highest BCUT2D eigenvalue weighted by molar-refractivity contribution is 6.35. The molecule has 0 radical (unpaired) electrons. The van der Waals surface area contributed by atoms with Gasteiger partial charge in [-0.25, -0.2) is 0 Å². The predicted molar refractivity (Wildman–Crippen MR) is 94.3 cm³/mol. The van der Waals surface area contributed by atoms with E-state index in [1.165, 1.54) is 4.90 Å². The average molecular weight is 362 g/mol. The second-order valence-electron chi connectivity index (χ2n) is 7.19. The summed E-state index contributed by atoms with van der Waals surface area (Å²) < 4.78 is 1.76. The highest BCUT2D eigenvalue weighted by Crippen LogP contribution is 2.16. The Hall–Kier alpha value is -2.42. The second-order valence-corrected chi connectivity index (χ2v) is 7.19. The molecular weight excluding hydrogens is 336 g/mol. The first-order valence-electron chi connectivity index (χ1n) is 8.99. The Morgan fingerprint density at radius 1 is 1.04 bits per heavy atom. The number of nitrogens with zero attached hydrogens (tertiary/aromatic N) is 5. The van der Waals surface area contributed by atoms with Crippen LogP contribution in [0.3, 0.4) is 0 Å². The van der Waals surface area contributed by atoms with E-state index in [0.717, 1.165) is 18.8 Å². The van der Waals surface area contributed by atoms with Gasteiger partial charge in [-0.1, -0.05) is 0 Å². The first-order valence-corrected chi connectivity index (χ1v) is 8.99. The Kier molecular flexibility index (Phi) is 5.26. The highest BCUT2D eigenvalue weighted by atomic mass is 16.2. The van der Waals surface area contributed by atoms with Crippen LogP contribution in [0.5, 0.6) is 0 Å². The van der Waals surface area contributed by atoms with E-state index in [2.05, 4.69) is 15.3 Å². The summed E-state index contributed by atoms with van der Waals surface area (Å²) in [6.07, 6.45) is 0. The molecule has 0 spiro atoms. The molecule has 9 nitrogen and oxygen atoms in total. The maximum absolute atomic E-state index is 12.7. The van der Waals surface area contributed by atoms with Crippen LogP contribution in [-0.4, -0.2) is 88.0 Å². The Bertz CT molecular complexity index is 705. The van der Waals surface area contributed by atoms with E-state index in [9.17, 15) is 14.4 Å². The Labute approximate surface area is 152 Å². The van der Waals surface area contributed by atoms with E-state index in [4.69, 9.17) is 0 Å². The number of carbonyl (C=O) groups excluding carboxylic acids is 3. The van der Waals surface area contributed by atoms with Crippen LogP contribution in [0.25, 0.3) is 0 Å². The van der Waals surface area contributed by atoms with Crippen molar-refractivity contribution in [3.63, 3.8) is 0 Å². The lowest BCUT2D eigenvalue weighted by atomic mass is 10.2. The van der Waals surface area contributed by atoms with Gasteiger partial charge in [0.15, 0.2) is 5.69 Å². The predicted octanol–water partition coefficient (Wildman–Crippen LogP) is -0.862. The van der Waals surface area contributed by atoms with Crippen molar-refractivity contribution < 1.29 is 14.4 Å². The molecule has 9 heteroatoms. The van der Waals surface area contributed by atoms with E-state index >= 15 is 0 Å². The highest BCUT2D eigenvalue weighted by Gasteiger charge is 2.29. The zero-order chi connectivity index (χ0) is 18.8. The maximum atomic E-state index is 12.7. The number of carbonyl (C=O) groups is 3. The Balaban J connectivity index is 1.66. The summed E-state index contributed by atoms with van der Waals surface area (Å²) in [4.78, 5) is 42.3. The van der Waals surface area contributed by atoms with Crippen molar-refractivity contribution in [1.82, 2.24) is 29.8 Å². The lowest BCUT2D eigenvalue weighted by molar-refractivity contribution is -0.147. The minimum atomic E-state index is -0.596. The zero-order valence-electron chi connectivity index (χ0n) is 15.6. The Morgan fingerprint density at radius 3 is 2.35 bits per heavy atom. The van der Waals surface area contributed by atoms with Gasteiger partial charge in [-0.2, -0.15) is 5.10 Å². The molecule has 3 rings (SSSR count). The summed E-state index contributed by atoms with van der Waals surface area (Å²) in [6, 6.07) is 1.65. The van der Waals surface area contributed by atoms with E-state index < -0.39 is 11.8 Å². The molecular formula is C17H26N6O3. The molecule has 0 saturated carbocycles. The van der Waals surface area contributed by atoms with Crippen molar-refractivity contribution in [2.45, 2.75) is 33.0 Å². The molecule has 26 heavy (non-hydrogen) atoms. The molecule has 0 aliphatic carbocycles. The van der Waals surface area contributed by atoms with Gasteiger partial charge in [-0.3, -0.25) is 19.1 Å². The third kappa shape index (κ3) is 3.87. The molecule has 1 aromatic rings. The lowest BCUT2D eigenvalue weighted by Gasteiger charge is -2.31. The monoisotopic (exact) mass is 362 g/mol. The summed E-state index contributed by atoms with van der Waals surface area (Å²) in [6.45, 7) is 7.88. The number of amides is 3. The molecule has 1 N–H and O–H groups in total. The standard InChI is InChI=1S/C17H26N6O3/c1-12(2)18-15(24)17(26)22-8-9-23-13(11-22)10-14(19-23)16(25)21-6-4-20(3)5-7-21/h10,12H,4-9,11H2,1-3H3,(H,18,24). The van der Waals surface area contributed by atoms with Crippen LogP contribution in [0.1, 0.15) is 30.0 Å². The van der Waals surface area contributed by atoms with Crippen molar-refractivity contribution in [3.8, 4) is 0 Å². The van der Waals surface area contributed by atoms with E-state index in [0.29, 0.717) is 31.9 Å². The van der Waals surface area contributed by atoms with Crippen molar-refractivity contribution in [1.29, 1.82) is 0 Å². The second kappa shape index (κ2) is 7.45. The van der Waals surface area contributed by atoms with Gasteiger partial charge >= 0.3 is 11.8 Å². The molecule has 142 valence electrons. The summed E-state index contributed by atoms with van der Waals surface area (Å²) in [5.74, 6) is -1.21. The molecule has 2 aliphatic rings. The largest absolute Gasteiger partial charge is 0.346 e. The third-order valence-corrected chi connectivity index (χ3v) is 4.71. The minimum Gasteiger partial charge on any atom is -0.346 e. The number of hydrogen-bond donors (Lipinski definition) is 1. The molecule has 1 saturated heterocycles. The molecule has 0 bridgehead atoms. The summed E-state index contributed by atoms with van der Waals surface area (Å²) in [7, 11) is 2.04. The van der Waals surface area contributed by atoms with Crippen molar-refractivity contribution >= 4 is 17.7 Å². The van der Waals surface area contributed by atoms with Gasteiger partial charge in [0, 0.05) is 38.8 Å². The third-order valence-electron chi connectivity index (χ3n) is 4.71. The summed E-state index contributed by atoms with van der Waals surface area (Å²) in [5.41, 5.74) is 1.19. The fourth-order valence-corrected chi connectivity index (χ4v) is 3.18. The first-order chi connectivity index (χ1) is 12.3. The lowest BCUT2D eigenvalue weighted by Crippen LogP contribution is -2.47. The van der Waals surface area contributed by atoms with Crippen molar-refractivity contribution in [3.05, 3.63) is 17.5 Å². The fourth-order valence-electron chi connectivity index (χ4n) is 3.18. The number of likely N-dealkylation sites (N-methyl/N-ethyl adjacent to an activating group) is 1. The van der Waals surface area contributed by atoms with Gasteiger partial charge in [0.05, 0.1) is 18.8 Å². The van der Waals surface area contributed by atoms with E-state index in [1.54, 1.807) is 10.7 Å². The van der Waals surface area contributed by atoms with E-state index in [-0.39, 0.29) is 18.5 Å². The van der Waals surface area contributed by atoms with Crippen molar-refractivity contribution in [2.75, 3.05) is 39.8 Å². The van der Waals surface area contributed by atoms with Crippen LogP contribution in [0, 0.1) is 0 Å². The number of piperazine rings is 1. The average Bonchev–Trinajstić information content (AvgIpc) is 3.03. The SMILES string of the molecule is CC(C)NC(=O)C(=O)N1CCn2nc(C(=O)N3CCN(C)CC3)cc2C1. The van der Waals surface area contributed by atoms with Crippen LogP contribution < -0.4 is 5.32 Å². The molecule has 3 heterocycles. The van der Waals surface area contributed by atoms with Gasteiger partial charge in [0.2, 0.25) is 0 Å². The number of nitrogens with one attached hydrogen (secondary N) is 1. The normalized spacial score (nSPS) is 18.0. The zero-order valence-corrected chi connectivity index (χ0v) is 15.6. The van der Waals surface area contributed by atoms with Crippen LogP contribution >= 0.6 is 0 Å². The van der Waals surface area contributed by atoms with Crippen LogP contribution in [-0.2, 0) is 22.7 Å². The van der Waals surface area contributed by atoms with E-state index in [1.807, 2.05) is 25.8 Å². The molecule has 3 amide bonds. The molecule has 0 aromatic carbocycles. The minimum absolute atomic E-state index is 0.0737. The molecule has 2 aliphatic heterocycles. The molecule has 1 aromatic heterocycles. The number of hydrogen-bond acceptors (Lipinski definition) is 5. The smallest absolute Gasteiger partial charge is 0.312 e. The number of aromatic nitrogens is 2. The van der Waals surface area contributed by atoms with Gasteiger partial charge in [-0.05, 0) is 27.0 Å². The summed E-state index contributed by atoms with van der Waals surface area (Å²) in [5, 5.41) is 7.02. The van der Waals surface area contributed by atoms with Crippen LogP contribution in [0.15, 0.2) is 6.07 Å². The molecule has 0 atom stereocenters. The van der Waals surface area contributed by atoms with Crippen LogP contribution in [0.4, 0.5) is 0 Å². The Morgan fingerprint density at radius 2 is 1.69 bits per heavy atom.